The Labute approximate surface area is 107 Å². The molecule has 1 rings (SSSR count). The molecule has 1 aromatic carbocycles. The van der Waals surface area contributed by atoms with Gasteiger partial charge in [-0.2, -0.15) is 0 Å². The Hall–Kier alpha value is -0.520. The van der Waals surface area contributed by atoms with E-state index in [-0.39, 0.29) is 6.61 Å². The molecule has 0 saturated carbocycles. The molecule has 0 radical (unpaired) electrons. The van der Waals surface area contributed by atoms with Crippen LogP contribution in [-0.4, -0.2) is 32.6 Å². The predicted octanol–water partition coefficient (Wildman–Crippen LogP) is 2.08. The highest BCUT2D eigenvalue weighted by Gasteiger charge is 2.22. The Morgan fingerprint density at radius 3 is 2.35 bits per heavy atom. The molecule has 0 heterocycles. The molecule has 0 aliphatic carbocycles. The SMILES string of the molecule is CSc1ccc(C(C)(C)CO)cc1S(C)(=O)=O. The van der Waals surface area contributed by atoms with Crippen LogP contribution in [-0.2, 0) is 15.3 Å². The molecule has 0 saturated heterocycles. The molecular weight excluding hydrogens is 256 g/mol. The van der Waals surface area contributed by atoms with Gasteiger partial charge >= 0.3 is 0 Å². The fourth-order valence-corrected chi connectivity index (χ4v) is 3.42. The van der Waals surface area contributed by atoms with Gasteiger partial charge in [-0.25, -0.2) is 8.42 Å². The van der Waals surface area contributed by atoms with E-state index in [0.717, 1.165) is 10.5 Å². The summed E-state index contributed by atoms with van der Waals surface area (Å²) in [5, 5.41) is 9.31. The number of rotatable bonds is 4. The van der Waals surface area contributed by atoms with E-state index in [2.05, 4.69) is 0 Å². The van der Waals surface area contributed by atoms with E-state index < -0.39 is 15.3 Å². The average Bonchev–Trinajstić information content (AvgIpc) is 2.27. The highest BCUT2D eigenvalue weighted by atomic mass is 32.2. The van der Waals surface area contributed by atoms with E-state index in [9.17, 15) is 13.5 Å². The van der Waals surface area contributed by atoms with E-state index in [1.165, 1.54) is 18.0 Å². The summed E-state index contributed by atoms with van der Waals surface area (Å²) in [6.07, 6.45) is 3.05. The number of aliphatic hydroxyl groups excluding tert-OH is 1. The molecule has 17 heavy (non-hydrogen) atoms. The summed E-state index contributed by atoms with van der Waals surface area (Å²) in [5.41, 5.74) is 0.398. The minimum atomic E-state index is -3.24. The maximum atomic E-state index is 11.7. The van der Waals surface area contributed by atoms with E-state index >= 15 is 0 Å². The van der Waals surface area contributed by atoms with Crippen molar-refractivity contribution in [2.75, 3.05) is 19.1 Å². The minimum Gasteiger partial charge on any atom is -0.395 e. The predicted molar refractivity (Wildman–Crippen MR) is 71.4 cm³/mol. The smallest absolute Gasteiger partial charge is 0.176 e. The molecule has 1 aromatic rings. The first-order chi connectivity index (χ1) is 7.72. The van der Waals surface area contributed by atoms with Crippen LogP contribution in [0.25, 0.3) is 0 Å². The normalized spacial score (nSPS) is 12.8. The second-order valence-electron chi connectivity index (χ2n) is 4.68. The van der Waals surface area contributed by atoms with Gasteiger partial charge in [-0.05, 0) is 24.0 Å². The van der Waals surface area contributed by atoms with Gasteiger partial charge in [-0.15, -0.1) is 11.8 Å². The molecule has 0 fully saturated rings. The number of sulfone groups is 1. The summed E-state index contributed by atoms with van der Waals surface area (Å²) in [4.78, 5) is 1.08. The van der Waals surface area contributed by atoms with Crippen molar-refractivity contribution < 1.29 is 13.5 Å². The van der Waals surface area contributed by atoms with Crippen LogP contribution in [0.5, 0.6) is 0 Å². The fraction of sp³-hybridized carbons (Fsp3) is 0.500. The highest BCUT2D eigenvalue weighted by Crippen LogP contribution is 2.30. The first-order valence-corrected chi connectivity index (χ1v) is 8.33. The first kappa shape index (κ1) is 14.5. The third-order valence-corrected chi connectivity index (χ3v) is 4.80. The molecule has 0 atom stereocenters. The third-order valence-electron chi connectivity index (χ3n) is 2.74. The molecule has 1 N–H and O–H groups in total. The van der Waals surface area contributed by atoms with E-state index in [4.69, 9.17) is 0 Å². The molecule has 0 aliphatic rings. The Balaban J connectivity index is 3.43. The van der Waals surface area contributed by atoms with Crippen molar-refractivity contribution in [1.29, 1.82) is 0 Å². The molecule has 0 spiro atoms. The minimum absolute atomic E-state index is 0.0190. The van der Waals surface area contributed by atoms with Crippen molar-refractivity contribution in [3.8, 4) is 0 Å². The second-order valence-corrected chi connectivity index (χ2v) is 7.51. The van der Waals surface area contributed by atoms with Crippen molar-refractivity contribution in [2.24, 2.45) is 0 Å². The molecular formula is C12H18O3S2. The average molecular weight is 274 g/mol. The van der Waals surface area contributed by atoms with Crippen LogP contribution < -0.4 is 0 Å². The summed E-state index contributed by atoms with van der Waals surface area (Å²) in [7, 11) is -3.24. The molecule has 0 aromatic heterocycles. The quantitative estimate of drug-likeness (QED) is 0.854. The molecule has 0 aliphatic heterocycles. The lowest BCUT2D eigenvalue weighted by molar-refractivity contribution is 0.218. The number of thioether (sulfide) groups is 1. The number of hydrogen-bond acceptors (Lipinski definition) is 4. The topological polar surface area (TPSA) is 54.4 Å². The monoisotopic (exact) mass is 274 g/mol. The van der Waals surface area contributed by atoms with Crippen molar-refractivity contribution in [3.63, 3.8) is 0 Å². The lowest BCUT2D eigenvalue weighted by atomic mass is 9.86. The molecule has 3 nitrogen and oxygen atoms in total. The Bertz CT molecular complexity index is 504. The van der Waals surface area contributed by atoms with Gasteiger partial charge in [0.1, 0.15) is 0 Å². The lowest BCUT2D eigenvalue weighted by Crippen LogP contribution is -2.22. The van der Waals surface area contributed by atoms with Crippen LogP contribution in [0.15, 0.2) is 28.0 Å². The molecule has 5 heteroatoms. The molecule has 0 amide bonds. The van der Waals surface area contributed by atoms with Crippen molar-refractivity contribution >= 4 is 21.6 Å². The molecule has 0 unspecified atom stereocenters. The van der Waals surface area contributed by atoms with Gasteiger partial charge in [-0.1, -0.05) is 19.9 Å². The molecule has 0 bridgehead atoms. The van der Waals surface area contributed by atoms with Crippen LogP contribution >= 0.6 is 11.8 Å². The summed E-state index contributed by atoms with van der Waals surface area (Å²) < 4.78 is 23.4. The van der Waals surface area contributed by atoms with E-state index in [1.807, 2.05) is 26.2 Å². The van der Waals surface area contributed by atoms with Gasteiger partial charge in [0, 0.05) is 16.6 Å². The second kappa shape index (κ2) is 5.00. The third kappa shape index (κ3) is 3.24. The Morgan fingerprint density at radius 2 is 1.94 bits per heavy atom. The zero-order chi connectivity index (χ0) is 13.3. The van der Waals surface area contributed by atoms with Gasteiger partial charge < -0.3 is 5.11 Å². The highest BCUT2D eigenvalue weighted by molar-refractivity contribution is 7.99. The summed E-state index contributed by atoms with van der Waals surface area (Å²) >= 11 is 1.41. The lowest BCUT2D eigenvalue weighted by Gasteiger charge is -2.23. The zero-order valence-electron chi connectivity index (χ0n) is 10.5. The summed E-state index contributed by atoms with van der Waals surface area (Å²) in [6, 6.07) is 5.34. The van der Waals surface area contributed by atoms with Crippen LogP contribution in [0.1, 0.15) is 19.4 Å². The zero-order valence-corrected chi connectivity index (χ0v) is 12.2. The summed E-state index contributed by atoms with van der Waals surface area (Å²) in [6.45, 7) is 3.75. The van der Waals surface area contributed by atoms with Crippen LogP contribution in [0.2, 0.25) is 0 Å². The van der Waals surface area contributed by atoms with Crippen LogP contribution in [0, 0.1) is 0 Å². The fourth-order valence-electron chi connectivity index (χ4n) is 1.48. The first-order valence-electron chi connectivity index (χ1n) is 5.22. The largest absolute Gasteiger partial charge is 0.395 e. The van der Waals surface area contributed by atoms with Crippen molar-refractivity contribution in [1.82, 2.24) is 0 Å². The van der Waals surface area contributed by atoms with Crippen LogP contribution in [0.3, 0.4) is 0 Å². The number of aliphatic hydroxyl groups is 1. The molecule has 96 valence electrons. The Morgan fingerprint density at radius 1 is 1.35 bits per heavy atom. The number of hydrogen-bond donors (Lipinski definition) is 1. The van der Waals surface area contributed by atoms with Crippen molar-refractivity contribution in [2.45, 2.75) is 29.1 Å². The van der Waals surface area contributed by atoms with Gasteiger partial charge in [0.15, 0.2) is 9.84 Å². The van der Waals surface area contributed by atoms with Gasteiger partial charge in [0.05, 0.1) is 11.5 Å². The maximum absolute atomic E-state index is 11.7. The van der Waals surface area contributed by atoms with Crippen molar-refractivity contribution in [3.05, 3.63) is 23.8 Å². The summed E-state index contributed by atoms with van der Waals surface area (Å²) in [5.74, 6) is 0. The number of benzene rings is 1. The standard InChI is InChI=1S/C12H18O3S2/c1-12(2,8-13)9-5-6-10(16-3)11(7-9)17(4,14)15/h5-7,13H,8H2,1-4H3. The van der Waals surface area contributed by atoms with Gasteiger partial charge in [0.2, 0.25) is 0 Å². The maximum Gasteiger partial charge on any atom is 0.176 e. The van der Waals surface area contributed by atoms with Gasteiger partial charge in [-0.3, -0.25) is 0 Å². The Kier molecular flexibility index (Phi) is 4.28. The van der Waals surface area contributed by atoms with E-state index in [0.29, 0.717) is 4.90 Å². The van der Waals surface area contributed by atoms with E-state index in [1.54, 1.807) is 12.1 Å². The van der Waals surface area contributed by atoms with Crippen LogP contribution in [0.4, 0.5) is 0 Å². The van der Waals surface area contributed by atoms with Gasteiger partial charge in [0.25, 0.3) is 0 Å².